The topological polar surface area (TPSA) is 104 Å². The van der Waals surface area contributed by atoms with Crippen LogP contribution in [0.15, 0.2) is 0 Å². The summed E-state index contributed by atoms with van der Waals surface area (Å²) in [4.78, 5) is 25.8. The zero-order chi connectivity index (χ0) is 8.20. The van der Waals surface area contributed by atoms with Crippen molar-refractivity contribution in [3.63, 3.8) is 0 Å². The van der Waals surface area contributed by atoms with E-state index < -0.39 is 26.8 Å². The molecule has 0 bridgehead atoms. The first-order valence-electron chi connectivity index (χ1n) is 2.34. The van der Waals surface area contributed by atoms with E-state index in [9.17, 15) is 9.36 Å². The minimum absolute atomic E-state index is 0. The van der Waals surface area contributed by atoms with Crippen molar-refractivity contribution in [2.75, 3.05) is 6.61 Å². The maximum atomic E-state index is 9.89. The second-order valence-corrected chi connectivity index (χ2v) is 2.71. The van der Waals surface area contributed by atoms with Crippen molar-refractivity contribution < 1.29 is 28.8 Å². The van der Waals surface area contributed by atoms with E-state index in [1.165, 1.54) is 0 Å². The molecule has 0 aromatic carbocycles. The van der Waals surface area contributed by atoms with Crippen LogP contribution in [-0.4, -0.2) is 57.0 Å². The van der Waals surface area contributed by atoms with Crippen LogP contribution in [0.3, 0.4) is 0 Å². The number of rotatable bonds is 4. The molecule has 11 heavy (non-hydrogen) atoms. The fraction of sp³-hybridized carbons (Fsp3) is 0.667. The van der Waals surface area contributed by atoms with Crippen LogP contribution in [0.25, 0.3) is 0 Å². The van der Waals surface area contributed by atoms with Crippen LogP contribution in [0.4, 0.5) is 0 Å². The first-order valence-corrected chi connectivity index (χ1v) is 3.87. The summed E-state index contributed by atoms with van der Waals surface area (Å²) in [5.74, 6) is -1.16. The normalized spacial score (nSPS) is 10.4. The average molecular weight is 194 g/mol. The van der Waals surface area contributed by atoms with Gasteiger partial charge in [0, 0.05) is 0 Å². The molecule has 0 fully saturated rings. The van der Waals surface area contributed by atoms with E-state index in [0.29, 0.717) is 0 Å². The van der Waals surface area contributed by atoms with Crippen LogP contribution >= 0.6 is 7.82 Å². The predicted octanol–water partition coefficient (Wildman–Crippen LogP) is -1.08. The molecule has 0 aliphatic rings. The molecule has 6 nitrogen and oxygen atoms in total. The molecule has 0 rings (SSSR count). The van der Waals surface area contributed by atoms with Crippen LogP contribution in [-0.2, 0) is 13.9 Å². The Morgan fingerprint density at radius 3 is 2.18 bits per heavy atom. The number of aliphatic carboxylic acids is 1. The Hall–Kier alpha value is 0.580. The van der Waals surface area contributed by atoms with Crippen molar-refractivity contribution >= 4 is 43.3 Å². The third-order valence-corrected chi connectivity index (χ3v) is 1.09. The molecule has 0 atom stereocenters. The molecule has 3 N–H and O–H groups in total. The van der Waals surface area contributed by atoms with E-state index in [0.717, 1.165) is 0 Å². The van der Waals surface area contributed by atoms with Crippen LogP contribution in [0.1, 0.15) is 6.42 Å². The van der Waals surface area contributed by atoms with E-state index in [1.807, 2.05) is 0 Å². The summed E-state index contributed by atoms with van der Waals surface area (Å²) in [6.07, 6.45) is -0.412. The van der Waals surface area contributed by atoms with Gasteiger partial charge in [0.15, 0.2) is 0 Å². The number of hydrogen-bond acceptors (Lipinski definition) is 3. The van der Waals surface area contributed by atoms with Crippen molar-refractivity contribution in [2.24, 2.45) is 0 Å². The molecule has 8 heteroatoms. The van der Waals surface area contributed by atoms with Gasteiger partial charge in [-0.2, -0.15) is 0 Å². The summed E-state index contributed by atoms with van der Waals surface area (Å²) in [5, 5.41) is 7.98. The summed E-state index contributed by atoms with van der Waals surface area (Å²) in [7, 11) is -4.49. The van der Waals surface area contributed by atoms with Crippen molar-refractivity contribution in [3.05, 3.63) is 0 Å². The Balaban J connectivity index is 0. The Bertz CT molecular complexity index is 163. The number of carboxylic acid groups (broad SMARTS) is 1. The van der Waals surface area contributed by atoms with Gasteiger partial charge >= 0.3 is 43.3 Å². The van der Waals surface area contributed by atoms with Gasteiger partial charge in [-0.15, -0.1) is 0 Å². The minimum atomic E-state index is -4.49. The van der Waals surface area contributed by atoms with Crippen molar-refractivity contribution in [3.8, 4) is 0 Å². The summed E-state index contributed by atoms with van der Waals surface area (Å²) in [6, 6.07) is 0. The van der Waals surface area contributed by atoms with E-state index in [2.05, 4.69) is 4.52 Å². The van der Waals surface area contributed by atoms with Crippen LogP contribution in [0.2, 0.25) is 0 Å². The van der Waals surface area contributed by atoms with E-state index in [4.69, 9.17) is 14.9 Å². The molecule has 62 valence electrons. The molecule has 0 aliphatic carbocycles. The number of hydrogen-bond donors (Lipinski definition) is 3. The van der Waals surface area contributed by atoms with Gasteiger partial charge in [0.1, 0.15) is 0 Å². The summed E-state index contributed by atoms with van der Waals surface area (Å²) < 4.78 is 13.7. The number of phosphoric acid groups is 1. The molecular formula is C3H8NaO6P. The maximum absolute atomic E-state index is 9.89. The molecule has 0 spiro atoms. The zero-order valence-corrected chi connectivity index (χ0v) is 5.82. The molecule has 0 radical (unpaired) electrons. The summed E-state index contributed by atoms with van der Waals surface area (Å²) >= 11 is 0. The van der Waals surface area contributed by atoms with Gasteiger partial charge < -0.3 is 14.9 Å². The molecule has 0 saturated carbocycles. The zero-order valence-electron chi connectivity index (χ0n) is 4.93. The quantitative estimate of drug-likeness (QED) is 0.388. The predicted molar refractivity (Wildman–Crippen MR) is 37.4 cm³/mol. The molecule has 0 saturated heterocycles. The SMILES string of the molecule is O=C(O)CCOP(=O)(O)O.[NaH]. The van der Waals surface area contributed by atoms with Gasteiger partial charge in [0.05, 0.1) is 13.0 Å². The summed E-state index contributed by atoms with van der Waals surface area (Å²) in [5.41, 5.74) is 0. The van der Waals surface area contributed by atoms with Gasteiger partial charge in [0.2, 0.25) is 0 Å². The second-order valence-electron chi connectivity index (χ2n) is 1.47. The fourth-order valence-electron chi connectivity index (χ4n) is 0.252. The monoisotopic (exact) mass is 194 g/mol. The van der Waals surface area contributed by atoms with Gasteiger partial charge in [-0.3, -0.25) is 9.32 Å². The molecule has 0 aromatic rings. The number of carbonyl (C=O) groups is 1. The third-order valence-electron chi connectivity index (χ3n) is 0.575. The standard InChI is InChI=1S/C3H7O6P.Na.H/c4-3(5)1-2-9-10(6,7)8;;/h1-2H2,(H,4,5)(H2,6,7,8);;. The van der Waals surface area contributed by atoms with Crippen LogP contribution in [0, 0.1) is 0 Å². The first kappa shape index (κ1) is 14.1. The van der Waals surface area contributed by atoms with Gasteiger partial charge in [0.25, 0.3) is 0 Å². The first-order chi connectivity index (χ1) is 4.42. The average Bonchev–Trinajstić information content (AvgIpc) is 1.59. The molecule has 0 aromatic heterocycles. The Morgan fingerprint density at radius 1 is 1.45 bits per heavy atom. The van der Waals surface area contributed by atoms with Crippen LogP contribution in [0.5, 0.6) is 0 Å². The van der Waals surface area contributed by atoms with Crippen LogP contribution < -0.4 is 0 Å². The van der Waals surface area contributed by atoms with Crippen molar-refractivity contribution in [1.29, 1.82) is 0 Å². The fourth-order valence-corrected chi connectivity index (χ4v) is 0.581. The summed E-state index contributed by atoms with van der Waals surface area (Å²) in [6.45, 7) is -0.473. The Morgan fingerprint density at radius 2 is 1.91 bits per heavy atom. The van der Waals surface area contributed by atoms with Crippen molar-refractivity contribution in [2.45, 2.75) is 6.42 Å². The van der Waals surface area contributed by atoms with Gasteiger partial charge in [-0.1, -0.05) is 0 Å². The van der Waals surface area contributed by atoms with Gasteiger partial charge in [-0.25, -0.2) is 4.57 Å². The van der Waals surface area contributed by atoms with E-state index in [1.54, 1.807) is 0 Å². The molecule has 0 aliphatic heterocycles. The third kappa shape index (κ3) is 13.6. The molecular weight excluding hydrogens is 186 g/mol. The molecule has 0 amide bonds. The number of carboxylic acids is 1. The van der Waals surface area contributed by atoms with Gasteiger partial charge in [-0.05, 0) is 0 Å². The molecule has 0 heterocycles. The Kier molecular flexibility index (Phi) is 7.88. The second kappa shape index (κ2) is 6.14. The Labute approximate surface area is 85.1 Å². The van der Waals surface area contributed by atoms with Crippen molar-refractivity contribution in [1.82, 2.24) is 0 Å². The van der Waals surface area contributed by atoms with E-state index in [-0.39, 0.29) is 29.6 Å². The molecule has 0 unspecified atom stereocenters. The van der Waals surface area contributed by atoms with E-state index >= 15 is 0 Å². The number of phosphoric ester groups is 1.